The van der Waals surface area contributed by atoms with Crippen LogP contribution in [0.5, 0.6) is 0 Å². The predicted octanol–water partition coefficient (Wildman–Crippen LogP) is -0.268. The summed E-state index contributed by atoms with van der Waals surface area (Å²) in [5.74, 6) is -3.29. The Labute approximate surface area is 79.5 Å². The Morgan fingerprint density at radius 2 is 1.86 bits per heavy atom. The van der Waals surface area contributed by atoms with E-state index >= 15 is 0 Å². The van der Waals surface area contributed by atoms with E-state index in [2.05, 4.69) is 6.58 Å². The minimum Gasteiger partial charge on any atom is -0.481 e. The molecule has 0 aromatic carbocycles. The van der Waals surface area contributed by atoms with Crippen LogP contribution >= 0.6 is 0 Å². The Bertz CT molecular complexity index is 305. The fourth-order valence-corrected chi connectivity index (χ4v) is 0.565. The standard InChI is InChI=1S/C8H9NO5/c1-2-6(10)9-5(8(13)14)3-4-7(11)12/h2-3H,1,4H2,(H,9,10)(H,11,12)(H,13,14). The van der Waals surface area contributed by atoms with Crippen molar-refractivity contribution in [2.45, 2.75) is 6.42 Å². The van der Waals surface area contributed by atoms with Gasteiger partial charge in [0.25, 0.3) is 0 Å². The molecule has 0 rings (SSSR count). The lowest BCUT2D eigenvalue weighted by atomic mass is 10.3. The Kier molecular flexibility index (Phi) is 4.69. The molecule has 0 aliphatic carbocycles. The normalized spacial score (nSPS) is 10.4. The number of carboxylic acids is 2. The first-order chi connectivity index (χ1) is 6.47. The lowest BCUT2D eigenvalue weighted by molar-refractivity contribution is -0.136. The average molecular weight is 199 g/mol. The quantitative estimate of drug-likeness (QED) is 0.529. The largest absolute Gasteiger partial charge is 0.481 e. The highest BCUT2D eigenvalue weighted by atomic mass is 16.4. The van der Waals surface area contributed by atoms with E-state index in [0.29, 0.717) is 0 Å². The third kappa shape index (κ3) is 4.70. The molecule has 0 saturated carbocycles. The molecule has 0 fully saturated rings. The maximum Gasteiger partial charge on any atom is 0.352 e. The number of rotatable bonds is 5. The van der Waals surface area contributed by atoms with Crippen molar-refractivity contribution in [3.63, 3.8) is 0 Å². The molecule has 76 valence electrons. The summed E-state index contributed by atoms with van der Waals surface area (Å²) < 4.78 is 0. The van der Waals surface area contributed by atoms with Crippen molar-refractivity contribution in [3.8, 4) is 0 Å². The molecular weight excluding hydrogens is 190 g/mol. The van der Waals surface area contributed by atoms with Crippen LogP contribution in [0.15, 0.2) is 24.4 Å². The summed E-state index contributed by atoms with van der Waals surface area (Å²) in [6, 6.07) is 0. The van der Waals surface area contributed by atoms with Crippen molar-refractivity contribution in [1.82, 2.24) is 5.32 Å². The van der Waals surface area contributed by atoms with Crippen molar-refractivity contribution in [2.24, 2.45) is 0 Å². The van der Waals surface area contributed by atoms with E-state index in [9.17, 15) is 14.4 Å². The zero-order valence-electron chi connectivity index (χ0n) is 7.19. The van der Waals surface area contributed by atoms with Crippen LogP contribution in [0.1, 0.15) is 6.42 Å². The zero-order chi connectivity index (χ0) is 11.1. The van der Waals surface area contributed by atoms with Gasteiger partial charge in [0.05, 0.1) is 6.42 Å². The van der Waals surface area contributed by atoms with Gasteiger partial charge >= 0.3 is 11.9 Å². The van der Waals surface area contributed by atoms with E-state index in [4.69, 9.17) is 10.2 Å². The first-order valence-corrected chi connectivity index (χ1v) is 3.56. The highest BCUT2D eigenvalue weighted by molar-refractivity contribution is 5.96. The summed E-state index contributed by atoms with van der Waals surface area (Å²) in [6.07, 6.45) is 1.31. The highest BCUT2D eigenvalue weighted by Crippen LogP contribution is 1.93. The van der Waals surface area contributed by atoms with Crippen LogP contribution in [0.4, 0.5) is 0 Å². The van der Waals surface area contributed by atoms with Gasteiger partial charge in [-0.3, -0.25) is 9.59 Å². The predicted molar refractivity (Wildman–Crippen MR) is 46.3 cm³/mol. The lowest BCUT2D eigenvalue weighted by Crippen LogP contribution is -2.25. The maximum atomic E-state index is 10.7. The molecule has 6 nitrogen and oxygen atoms in total. The van der Waals surface area contributed by atoms with Gasteiger partial charge < -0.3 is 15.5 Å². The molecule has 0 heterocycles. The molecule has 0 aliphatic rings. The molecule has 14 heavy (non-hydrogen) atoms. The van der Waals surface area contributed by atoms with Crippen LogP contribution in [0.3, 0.4) is 0 Å². The number of hydrogen-bond donors (Lipinski definition) is 3. The Balaban J connectivity index is 4.51. The van der Waals surface area contributed by atoms with Crippen LogP contribution in [0, 0.1) is 0 Å². The minimum atomic E-state index is -1.40. The first-order valence-electron chi connectivity index (χ1n) is 3.56. The molecule has 0 radical (unpaired) electrons. The Morgan fingerprint density at radius 3 is 2.21 bits per heavy atom. The lowest BCUT2D eigenvalue weighted by Gasteiger charge is -2.01. The number of amides is 1. The Hall–Kier alpha value is -2.11. The third-order valence-corrected chi connectivity index (χ3v) is 1.15. The summed E-state index contributed by atoms with van der Waals surface area (Å²) in [7, 11) is 0. The molecule has 0 aliphatic heterocycles. The summed E-state index contributed by atoms with van der Waals surface area (Å²) in [6.45, 7) is 3.12. The number of hydrogen-bond acceptors (Lipinski definition) is 3. The number of carbonyl (C=O) groups excluding carboxylic acids is 1. The molecule has 0 unspecified atom stereocenters. The van der Waals surface area contributed by atoms with E-state index in [1.807, 2.05) is 5.32 Å². The van der Waals surface area contributed by atoms with Gasteiger partial charge in [0.1, 0.15) is 5.70 Å². The van der Waals surface area contributed by atoms with Gasteiger partial charge in [-0.1, -0.05) is 6.58 Å². The molecule has 0 atom stereocenters. The van der Waals surface area contributed by atoms with Crippen molar-refractivity contribution in [1.29, 1.82) is 0 Å². The summed E-state index contributed by atoms with van der Waals surface area (Å²) in [5.41, 5.74) is -0.475. The second kappa shape index (κ2) is 5.52. The fourth-order valence-electron chi connectivity index (χ4n) is 0.565. The molecule has 0 spiro atoms. The van der Waals surface area contributed by atoms with E-state index in [0.717, 1.165) is 12.2 Å². The topological polar surface area (TPSA) is 104 Å². The third-order valence-electron chi connectivity index (χ3n) is 1.15. The second-order valence-corrected chi connectivity index (χ2v) is 2.21. The van der Waals surface area contributed by atoms with E-state index in [1.54, 1.807) is 0 Å². The fraction of sp³-hybridized carbons (Fsp3) is 0.125. The smallest absolute Gasteiger partial charge is 0.352 e. The van der Waals surface area contributed by atoms with Crippen LogP contribution in [0.2, 0.25) is 0 Å². The van der Waals surface area contributed by atoms with Gasteiger partial charge in [-0.2, -0.15) is 0 Å². The molecule has 6 heteroatoms. The van der Waals surface area contributed by atoms with Crippen LogP contribution in [-0.4, -0.2) is 28.1 Å². The van der Waals surface area contributed by atoms with Crippen molar-refractivity contribution >= 4 is 17.8 Å². The van der Waals surface area contributed by atoms with Gasteiger partial charge in [0.15, 0.2) is 0 Å². The van der Waals surface area contributed by atoms with E-state index < -0.39 is 30.0 Å². The monoisotopic (exact) mass is 199 g/mol. The van der Waals surface area contributed by atoms with Crippen molar-refractivity contribution in [2.75, 3.05) is 0 Å². The van der Waals surface area contributed by atoms with Gasteiger partial charge in [-0.05, 0) is 12.2 Å². The zero-order valence-corrected chi connectivity index (χ0v) is 7.19. The van der Waals surface area contributed by atoms with Gasteiger partial charge in [-0.25, -0.2) is 4.79 Å². The summed E-state index contributed by atoms with van der Waals surface area (Å²) in [4.78, 5) is 31.3. The highest BCUT2D eigenvalue weighted by Gasteiger charge is 2.09. The molecule has 0 aromatic heterocycles. The molecular formula is C8H9NO5. The number of carbonyl (C=O) groups is 3. The first kappa shape index (κ1) is 11.9. The van der Waals surface area contributed by atoms with Gasteiger partial charge in [-0.15, -0.1) is 0 Å². The SMILES string of the molecule is C=CC(=O)NC(=CCC(=O)O)C(=O)O. The number of nitrogens with one attached hydrogen (secondary N) is 1. The van der Waals surface area contributed by atoms with Crippen LogP contribution < -0.4 is 5.32 Å². The maximum absolute atomic E-state index is 10.7. The van der Waals surface area contributed by atoms with Crippen LogP contribution in [0.25, 0.3) is 0 Å². The van der Waals surface area contributed by atoms with E-state index in [-0.39, 0.29) is 0 Å². The minimum absolute atomic E-state index is 0.473. The summed E-state index contributed by atoms with van der Waals surface area (Å²) >= 11 is 0. The second-order valence-electron chi connectivity index (χ2n) is 2.21. The molecule has 0 saturated heterocycles. The number of aliphatic carboxylic acids is 2. The van der Waals surface area contributed by atoms with Crippen molar-refractivity contribution < 1.29 is 24.6 Å². The summed E-state index contributed by atoms with van der Waals surface area (Å²) in [5, 5.41) is 18.7. The van der Waals surface area contributed by atoms with E-state index in [1.165, 1.54) is 0 Å². The molecule has 0 aromatic rings. The average Bonchev–Trinajstić information content (AvgIpc) is 2.10. The number of carboxylic acid groups (broad SMARTS) is 2. The van der Waals surface area contributed by atoms with Gasteiger partial charge in [0.2, 0.25) is 5.91 Å². The molecule has 3 N–H and O–H groups in total. The van der Waals surface area contributed by atoms with Gasteiger partial charge in [0, 0.05) is 0 Å². The van der Waals surface area contributed by atoms with Crippen molar-refractivity contribution in [3.05, 3.63) is 24.4 Å². The molecule has 1 amide bonds. The van der Waals surface area contributed by atoms with Crippen LogP contribution in [-0.2, 0) is 14.4 Å². The molecule has 0 bridgehead atoms. The Morgan fingerprint density at radius 1 is 1.29 bits per heavy atom.